The summed E-state index contributed by atoms with van der Waals surface area (Å²) in [5.74, 6) is 1.76. The van der Waals surface area contributed by atoms with Gasteiger partial charge >= 0.3 is 0 Å². The highest BCUT2D eigenvalue weighted by Crippen LogP contribution is 2.38. The molecule has 1 aromatic carbocycles. The maximum atomic E-state index is 13.6. The number of halogens is 1. The molecule has 0 bridgehead atoms. The minimum Gasteiger partial charge on any atom is -0.378 e. The van der Waals surface area contributed by atoms with E-state index in [2.05, 4.69) is 34.4 Å². The van der Waals surface area contributed by atoms with E-state index in [1.54, 1.807) is 24.5 Å². The molecule has 2 atom stereocenters. The van der Waals surface area contributed by atoms with Gasteiger partial charge in [-0.3, -0.25) is 9.55 Å². The van der Waals surface area contributed by atoms with Gasteiger partial charge in [0.25, 0.3) is 0 Å². The van der Waals surface area contributed by atoms with E-state index in [1.165, 1.54) is 12.1 Å². The van der Waals surface area contributed by atoms with Gasteiger partial charge in [-0.25, -0.2) is 14.4 Å². The topological polar surface area (TPSA) is 55.5 Å². The van der Waals surface area contributed by atoms with Crippen molar-refractivity contribution in [2.45, 2.75) is 19.3 Å². The summed E-state index contributed by atoms with van der Waals surface area (Å²) in [6.45, 7) is 7.51. The largest absolute Gasteiger partial charge is 0.378 e. The average Bonchev–Trinajstić information content (AvgIpc) is 3.17. The van der Waals surface area contributed by atoms with Crippen LogP contribution in [0.25, 0.3) is 16.7 Å². The molecule has 154 valence electrons. The normalized spacial score (nSPS) is 24.3. The highest BCUT2D eigenvalue weighted by atomic mass is 19.1. The van der Waals surface area contributed by atoms with Gasteiger partial charge in [-0.2, -0.15) is 0 Å². The molecule has 2 unspecified atom stereocenters. The standard InChI is InChI=1S/C23H24FN5O/c1-16-13-21(28-9-11-30-12-10-28)26-15-23(16,2)22-27-19-7-8-25-14-20(19)29(22)18-5-3-17(24)4-6-18/h3-8,13-16H,9-12H2,1-2H3. The van der Waals surface area contributed by atoms with Crippen LogP contribution in [0.2, 0.25) is 0 Å². The van der Waals surface area contributed by atoms with Crippen LogP contribution in [-0.2, 0) is 10.2 Å². The van der Waals surface area contributed by atoms with Crippen LogP contribution in [-0.4, -0.2) is 52.0 Å². The number of hydrogen-bond donors (Lipinski definition) is 0. The van der Waals surface area contributed by atoms with E-state index in [-0.39, 0.29) is 11.7 Å². The van der Waals surface area contributed by atoms with Crippen molar-refractivity contribution in [1.29, 1.82) is 0 Å². The predicted molar refractivity (Wildman–Crippen MR) is 114 cm³/mol. The van der Waals surface area contributed by atoms with Crippen LogP contribution in [0.3, 0.4) is 0 Å². The fourth-order valence-electron chi connectivity index (χ4n) is 4.14. The number of ether oxygens (including phenoxy) is 1. The van der Waals surface area contributed by atoms with Crippen molar-refractivity contribution in [2.75, 3.05) is 26.3 Å². The Hall–Kier alpha value is -3.06. The third kappa shape index (κ3) is 3.10. The van der Waals surface area contributed by atoms with Crippen LogP contribution in [0.1, 0.15) is 19.7 Å². The lowest BCUT2D eigenvalue weighted by Crippen LogP contribution is -2.40. The lowest BCUT2D eigenvalue weighted by Gasteiger charge is -2.37. The SMILES string of the molecule is CC1C=C(N2CCOCC2)N=CC1(C)c1nc2ccncc2n1-c1ccc(F)cc1. The second kappa shape index (κ2) is 7.32. The second-order valence-electron chi connectivity index (χ2n) is 8.07. The Morgan fingerprint density at radius 2 is 1.90 bits per heavy atom. The van der Waals surface area contributed by atoms with Gasteiger partial charge in [-0.1, -0.05) is 6.92 Å². The van der Waals surface area contributed by atoms with Crippen LogP contribution >= 0.6 is 0 Å². The Kier molecular flexibility index (Phi) is 4.62. The van der Waals surface area contributed by atoms with Crippen LogP contribution in [0.15, 0.2) is 59.6 Å². The number of aliphatic imine (C=N–C) groups is 1. The zero-order chi connectivity index (χ0) is 20.7. The number of hydrogen-bond acceptors (Lipinski definition) is 5. The number of benzene rings is 1. The van der Waals surface area contributed by atoms with Gasteiger partial charge in [0.1, 0.15) is 17.5 Å². The quantitative estimate of drug-likeness (QED) is 0.667. The maximum absolute atomic E-state index is 13.6. The molecule has 1 fully saturated rings. The molecular weight excluding hydrogens is 381 g/mol. The molecule has 0 spiro atoms. The van der Waals surface area contributed by atoms with Crippen LogP contribution in [0.4, 0.5) is 4.39 Å². The summed E-state index contributed by atoms with van der Waals surface area (Å²) in [5, 5.41) is 0. The van der Waals surface area contributed by atoms with Crippen molar-refractivity contribution in [3.8, 4) is 5.69 Å². The predicted octanol–water partition coefficient (Wildman–Crippen LogP) is 3.71. The first-order valence-corrected chi connectivity index (χ1v) is 10.2. The van der Waals surface area contributed by atoms with E-state index < -0.39 is 5.41 Å². The molecule has 2 aromatic heterocycles. The van der Waals surface area contributed by atoms with Crippen LogP contribution in [0.5, 0.6) is 0 Å². The van der Waals surface area contributed by atoms with Gasteiger partial charge < -0.3 is 9.64 Å². The van der Waals surface area contributed by atoms with Crippen molar-refractivity contribution in [3.05, 3.63) is 66.3 Å². The van der Waals surface area contributed by atoms with E-state index in [4.69, 9.17) is 14.7 Å². The van der Waals surface area contributed by atoms with Crippen molar-refractivity contribution in [1.82, 2.24) is 19.4 Å². The molecule has 6 nitrogen and oxygen atoms in total. The number of imidazole rings is 1. The molecule has 7 heteroatoms. The first kappa shape index (κ1) is 18.9. The van der Waals surface area contributed by atoms with E-state index in [0.29, 0.717) is 0 Å². The third-order valence-electron chi connectivity index (χ3n) is 6.17. The summed E-state index contributed by atoms with van der Waals surface area (Å²) in [5.41, 5.74) is 2.17. The van der Waals surface area contributed by atoms with Crippen LogP contribution in [0, 0.1) is 11.7 Å². The zero-order valence-electron chi connectivity index (χ0n) is 17.1. The monoisotopic (exact) mass is 405 g/mol. The highest BCUT2D eigenvalue weighted by molar-refractivity contribution is 5.82. The fraction of sp³-hybridized carbons (Fsp3) is 0.348. The number of rotatable bonds is 3. The Labute approximate surface area is 174 Å². The molecule has 4 heterocycles. The summed E-state index contributed by atoms with van der Waals surface area (Å²) in [6, 6.07) is 8.39. The smallest absolute Gasteiger partial charge is 0.126 e. The molecule has 2 aliphatic heterocycles. The van der Waals surface area contributed by atoms with Gasteiger partial charge in [0, 0.05) is 31.2 Å². The fourth-order valence-corrected chi connectivity index (χ4v) is 4.14. The molecular formula is C23H24FN5O. The molecule has 2 aliphatic rings. The second-order valence-corrected chi connectivity index (χ2v) is 8.07. The van der Waals surface area contributed by atoms with Gasteiger partial charge in [0.15, 0.2) is 0 Å². The summed E-state index contributed by atoms with van der Waals surface area (Å²) < 4.78 is 21.1. The van der Waals surface area contributed by atoms with Crippen LogP contribution < -0.4 is 0 Å². The van der Waals surface area contributed by atoms with Crippen molar-refractivity contribution < 1.29 is 9.13 Å². The molecule has 30 heavy (non-hydrogen) atoms. The lowest BCUT2D eigenvalue weighted by atomic mass is 9.76. The van der Waals surface area contributed by atoms with Gasteiger partial charge in [0.05, 0.1) is 35.9 Å². The number of aromatic nitrogens is 3. The first-order valence-electron chi connectivity index (χ1n) is 10.2. The van der Waals surface area contributed by atoms with Crippen molar-refractivity contribution in [2.24, 2.45) is 10.9 Å². The lowest BCUT2D eigenvalue weighted by molar-refractivity contribution is 0.0524. The maximum Gasteiger partial charge on any atom is 0.126 e. The van der Waals surface area contributed by atoms with E-state index in [1.807, 2.05) is 12.3 Å². The van der Waals surface area contributed by atoms with Gasteiger partial charge in [-0.15, -0.1) is 0 Å². The Morgan fingerprint density at radius 3 is 2.63 bits per heavy atom. The summed E-state index contributed by atoms with van der Waals surface area (Å²) in [7, 11) is 0. The molecule has 5 rings (SSSR count). The highest BCUT2D eigenvalue weighted by Gasteiger charge is 2.39. The summed E-state index contributed by atoms with van der Waals surface area (Å²) in [4.78, 5) is 16.4. The molecule has 0 N–H and O–H groups in total. The molecule has 1 saturated heterocycles. The first-order chi connectivity index (χ1) is 14.6. The molecule has 0 radical (unpaired) electrons. The number of fused-ring (bicyclic) bond motifs is 1. The van der Waals surface area contributed by atoms with Gasteiger partial charge in [0.2, 0.25) is 0 Å². The zero-order valence-corrected chi connectivity index (χ0v) is 17.1. The Balaban J connectivity index is 1.61. The number of pyridine rings is 1. The minimum absolute atomic E-state index is 0.164. The average molecular weight is 405 g/mol. The minimum atomic E-state index is -0.427. The number of allylic oxidation sites excluding steroid dienone is 1. The Morgan fingerprint density at radius 1 is 1.13 bits per heavy atom. The number of nitrogens with zero attached hydrogens (tertiary/aromatic N) is 5. The molecule has 0 aliphatic carbocycles. The molecule has 3 aromatic rings. The van der Waals surface area contributed by atoms with Gasteiger partial charge in [-0.05, 0) is 49.2 Å². The molecule has 0 amide bonds. The Bertz CT molecular complexity index is 1130. The summed E-state index contributed by atoms with van der Waals surface area (Å²) in [6.07, 6.45) is 7.78. The van der Waals surface area contributed by atoms with Crippen molar-refractivity contribution in [3.63, 3.8) is 0 Å². The van der Waals surface area contributed by atoms with E-state index in [9.17, 15) is 4.39 Å². The summed E-state index contributed by atoms with van der Waals surface area (Å²) >= 11 is 0. The third-order valence-corrected chi connectivity index (χ3v) is 6.17. The van der Waals surface area contributed by atoms with Crippen molar-refractivity contribution >= 4 is 17.2 Å². The van der Waals surface area contributed by atoms with E-state index in [0.717, 1.165) is 54.7 Å². The van der Waals surface area contributed by atoms with E-state index >= 15 is 0 Å². The molecule has 0 saturated carbocycles. The number of morpholine rings is 1.